The number of carbonyl (C=O) groups excluding carboxylic acids is 1. The van der Waals surface area contributed by atoms with Crippen molar-refractivity contribution in [2.75, 3.05) is 19.3 Å². The van der Waals surface area contributed by atoms with Gasteiger partial charge in [0, 0.05) is 19.3 Å². The van der Waals surface area contributed by atoms with Gasteiger partial charge in [-0.05, 0) is 0 Å². The second-order valence-corrected chi connectivity index (χ2v) is 4.09. The predicted molar refractivity (Wildman–Crippen MR) is 53.6 cm³/mol. The van der Waals surface area contributed by atoms with Crippen LogP contribution in [0.3, 0.4) is 0 Å². The number of rotatable bonds is 3. The van der Waals surface area contributed by atoms with Crippen molar-refractivity contribution in [2.45, 2.75) is 6.42 Å². The summed E-state index contributed by atoms with van der Waals surface area (Å²) in [4.78, 5) is 23.4. The Labute approximate surface area is 85.9 Å². The fraction of sp³-hybridized carbons (Fsp3) is 0.500. The van der Waals surface area contributed by atoms with Crippen LogP contribution in [0.4, 0.5) is 0 Å². The molecule has 78 valence electrons. The van der Waals surface area contributed by atoms with Gasteiger partial charge in [0.2, 0.25) is 5.91 Å². The molecule has 1 fully saturated rings. The SMILES string of the molecule is CN1CCS/C1=C(\CC(N)=O)C(=O)O. The largest absolute Gasteiger partial charge is 0.478 e. The Hall–Kier alpha value is -1.17. The second kappa shape index (κ2) is 4.36. The Morgan fingerprint density at radius 1 is 1.64 bits per heavy atom. The van der Waals surface area contributed by atoms with E-state index in [9.17, 15) is 9.59 Å². The Balaban J connectivity index is 2.95. The van der Waals surface area contributed by atoms with Crippen LogP contribution in [0.25, 0.3) is 0 Å². The lowest BCUT2D eigenvalue weighted by Gasteiger charge is -2.14. The number of hydrogen-bond acceptors (Lipinski definition) is 4. The third-order valence-corrected chi connectivity index (χ3v) is 3.10. The number of carbonyl (C=O) groups is 2. The van der Waals surface area contributed by atoms with E-state index in [4.69, 9.17) is 10.8 Å². The number of primary amides is 1. The van der Waals surface area contributed by atoms with Crippen LogP contribution in [-0.4, -0.2) is 41.2 Å². The summed E-state index contributed by atoms with van der Waals surface area (Å²) < 4.78 is 0. The first-order chi connectivity index (χ1) is 6.52. The first kappa shape index (κ1) is 10.9. The number of nitrogens with zero attached hydrogens (tertiary/aromatic N) is 1. The molecule has 0 aromatic carbocycles. The zero-order chi connectivity index (χ0) is 10.7. The number of nitrogens with two attached hydrogens (primary N) is 1. The number of carboxylic acid groups (broad SMARTS) is 1. The van der Waals surface area contributed by atoms with Gasteiger partial charge in [-0.25, -0.2) is 4.79 Å². The van der Waals surface area contributed by atoms with Gasteiger partial charge in [0.05, 0.1) is 17.0 Å². The van der Waals surface area contributed by atoms with E-state index in [2.05, 4.69) is 0 Å². The van der Waals surface area contributed by atoms with Gasteiger partial charge in [0.15, 0.2) is 0 Å². The molecule has 1 heterocycles. The predicted octanol–water partition coefficient (Wildman–Crippen LogP) is -0.163. The van der Waals surface area contributed by atoms with Crippen molar-refractivity contribution >= 4 is 23.6 Å². The van der Waals surface area contributed by atoms with Crippen molar-refractivity contribution in [1.82, 2.24) is 4.90 Å². The summed E-state index contributed by atoms with van der Waals surface area (Å²) in [6, 6.07) is 0. The number of thioether (sulfide) groups is 1. The fourth-order valence-corrected chi connectivity index (χ4v) is 2.43. The molecule has 1 rings (SSSR count). The van der Waals surface area contributed by atoms with E-state index in [1.165, 1.54) is 11.8 Å². The van der Waals surface area contributed by atoms with Crippen molar-refractivity contribution in [3.05, 3.63) is 10.6 Å². The van der Waals surface area contributed by atoms with Crippen LogP contribution in [0.15, 0.2) is 10.6 Å². The summed E-state index contributed by atoms with van der Waals surface area (Å²) in [7, 11) is 1.80. The first-order valence-corrected chi connectivity index (χ1v) is 5.09. The molecule has 0 radical (unpaired) electrons. The van der Waals surface area contributed by atoms with E-state index >= 15 is 0 Å². The van der Waals surface area contributed by atoms with E-state index in [1.807, 2.05) is 4.90 Å². The molecular formula is C8H12N2O3S. The maximum atomic E-state index is 10.9. The zero-order valence-electron chi connectivity index (χ0n) is 7.82. The number of amides is 1. The Kier molecular flexibility index (Phi) is 3.40. The van der Waals surface area contributed by atoms with Crippen LogP contribution in [0.2, 0.25) is 0 Å². The molecule has 1 aliphatic heterocycles. The van der Waals surface area contributed by atoms with Gasteiger partial charge in [-0.2, -0.15) is 0 Å². The summed E-state index contributed by atoms with van der Waals surface area (Å²) >= 11 is 1.45. The molecule has 0 atom stereocenters. The lowest BCUT2D eigenvalue weighted by Crippen LogP contribution is -2.20. The van der Waals surface area contributed by atoms with Crippen LogP contribution in [0.1, 0.15) is 6.42 Å². The zero-order valence-corrected chi connectivity index (χ0v) is 8.63. The van der Waals surface area contributed by atoms with Gasteiger partial charge in [0.25, 0.3) is 0 Å². The number of hydrogen-bond donors (Lipinski definition) is 2. The monoisotopic (exact) mass is 216 g/mol. The molecule has 0 unspecified atom stereocenters. The van der Waals surface area contributed by atoms with Crippen LogP contribution < -0.4 is 5.73 Å². The van der Waals surface area contributed by atoms with E-state index in [1.54, 1.807) is 7.05 Å². The van der Waals surface area contributed by atoms with Crippen molar-refractivity contribution in [3.63, 3.8) is 0 Å². The topological polar surface area (TPSA) is 83.6 Å². The van der Waals surface area contributed by atoms with Crippen molar-refractivity contribution in [3.8, 4) is 0 Å². The Morgan fingerprint density at radius 2 is 2.29 bits per heavy atom. The first-order valence-electron chi connectivity index (χ1n) is 4.11. The van der Waals surface area contributed by atoms with Crippen molar-refractivity contribution in [2.24, 2.45) is 5.73 Å². The van der Waals surface area contributed by atoms with Crippen LogP contribution in [0, 0.1) is 0 Å². The van der Waals surface area contributed by atoms with Crippen molar-refractivity contribution < 1.29 is 14.7 Å². The molecule has 0 saturated carbocycles. The number of carboxylic acids is 1. The third-order valence-electron chi connectivity index (χ3n) is 1.88. The van der Waals surface area contributed by atoms with Crippen LogP contribution >= 0.6 is 11.8 Å². The molecule has 0 aromatic heterocycles. The molecule has 0 bridgehead atoms. The van der Waals surface area contributed by atoms with Crippen LogP contribution in [-0.2, 0) is 9.59 Å². The molecule has 3 N–H and O–H groups in total. The average Bonchev–Trinajstić information content (AvgIpc) is 2.46. The van der Waals surface area contributed by atoms with Gasteiger partial charge in [0.1, 0.15) is 0 Å². The smallest absolute Gasteiger partial charge is 0.334 e. The van der Waals surface area contributed by atoms with E-state index in [0.29, 0.717) is 5.03 Å². The molecule has 1 saturated heterocycles. The standard InChI is InChI=1S/C8H12N2O3S/c1-10-2-3-14-7(10)5(8(12)13)4-6(9)11/h2-4H2,1H3,(H2,9,11)(H,12,13)/b7-5+. The molecular weight excluding hydrogens is 204 g/mol. The highest BCUT2D eigenvalue weighted by molar-refractivity contribution is 8.03. The molecule has 14 heavy (non-hydrogen) atoms. The van der Waals surface area contributed by atoms with E-state index < -0.39 is 11.9 Å². The minimum atomic E-state index is -1.07. The minimum Gasteiger partial charge on any atom is -0.478 e. The number of aliphatic carboxylic acids is 1. The van der Waals surface area contributed by atoms with E-state index in [0.717, 1.165) is 12.3 Å². The van der Waals surface area contributed by atoms with E-state index in [-0.39, 0.29) is 12.0 Å². The highest BCUT2D eigenvalue weighted by Crippen LogP contribution is 2.30. The quantitative estimate of drug-likeness (QED) is 0.640. The Bertz CT molecular complexity index is 301. The average molecular weight is 216 g/mol. The minimum absolute atomic E-state index is 0.0995. The fourth-order valence-electron chi connectivity index (χ4n) is 1.23. The normalized spacial score (nSPS) is 19.6. The van der Waals surface area contributed by atoms with Gasteiger partial charge in [-0.15, -0.1) is 11.8 Å². The molecule has 6 heteroatoms. The lowest BCUT2D eigenvalue weighted by atomic mass is 10.2. The molecule has 0 aliphatic carbocycles. The van der Waals surface area contributed by atoms with Crippen LogP contribution in [0.5, 0.6) is 0 Å². The lowest BCUT2D eigenvalue weighted by molar-refractivity contribution is -0.134. The van der Waals surface area contributed by atoms with Gasteiger partial charge >= 0.3 is 5.97 Å². The summed E-state index contributed by atoms with van der Waals surface area (Å²) in [5, 5.41) is 9.54. The highest BCUT2D eigenvalue weighted by Gasteiger charge is 2.23. The summed E-state index contributed by atoms with van der Waals surface area (Å²) in [6.07, 6.45) is -0.206. The Morgan fingerprint density at radius 3 is 2.64 bits per heavy atom. The maximum Gasteiger partial charge on any atom is 0.334 e. The highest BCUT2D eigenvalue weighted by atomic mass is 32.2. The van der Waals surface area contributed by atoms with Gasteiger partial charge < -0.3 is 15.7 Å². The second-order valence-electron chi connectivity index (χ2n) is 3.00. The summed E-state index contributed by atoms with van der Waals surface area (Å²) in [5.74, 6) is -0.836. The van der Waals surface area contributed by atoms with Gasteiger partial charge in [-0.1, -0.05) is 0 Å². The van der Waals surface area contributed by atoms with Crippen molar-refractivity contribution in [1.29, 1.82) is 0 Å². The molecule has 0 aromatic rings. The molecule has 5 nitrogen and oxygen atoms in total. The molecule has 1 aliphatic rings. The summed E-state index contributed by atoms with van der Waals surface area (Å²) in [5.41, 5.74) is 5.08. The third kappa shape index (κ3) is 2.41. The summed E-state index contributed by atoms with van der Waals surface area (Å²) in [6.45, 7) is 0.801. The van der Waals surface area contributed by atoms with Gasteiger partial charge in [-0.3, -0.25) is 4.79 Å². The molecule has 0 spiro atoms. The molecule has 1 amide bonds. The maximum absolute atomic E-state index is 10.9.